The molecule has 48 heavy (non-hydrogen) atoms. The van der Waals surface area contributed by atoms with Gasteiger partial charge in [0.2, 0.25) is 17.8 Å². The van der Waals surface area contributed by atoms with Crippen LogP contribution >= 0.6 is 0 Å². The molecular weight excluding hydrogens is 616 g/mol. The number of imidazole rings is 2. The van der Waals surface area contributed by atoms with Gasteiger partial charge in [-0.15, -0.1) is 0 Å². The largest absolute Gasteiger partial charge is 0.494 e. The van der Waals surface area contributed by atoms with Gasteiger partial charge in [-0.05, 0) is 64.2 Å². The third-order valence-corrected chi connectivity index (χ3v) is 7.73. The predicted molar refractivity (Wildman–Crippen MR) is 183 cm³/mol. The molecule has 0 aliphatic carbocycles. The third kappa shape index (κ3) is 6.85. The average Bonchev–Trinajstić information content (AvgIpc) is 3.76. The van der Waals surface area contributed by atoms with Crippen LogP contribution in [0.2, 0.25) is 0 Å². The van der Waals surface area contributed by atoms with E-state index in [2.05, 4.69) is 31.0 Å². The molecule has 15 nitrogen and oxygen atoms in total. The minimum absolute atomic E-state index is 0.280. The minimum Gasteiger partial charge on any atom is -0.494 e. The molecule has 0 saturated carbocycles. The zero-order valence-electron chi connectivity index (χ0n) is 27.7. The number of allylic oxidation sites excluding steroid dienone is 2. The van der Waals surface area contributed by atoms with Crippen LogP contribution in [0.5, 0.6) is 11.5 Å². The summed E-state index contributed by atoms with van der Waals surface area (Å²) in [4.78, 5) is 46.5. The van der Waals surface area contributed by atoms with Crippen molar-refractivity contribution >= 4 is 52.1 Å². The number of benzene rings is 2. The smallest absolute Gasteiger partial charge is 0.276 e. The van der Waals surface area contributed by atoms with Crippen molar-refractivity contribution in [3.05, 3.63) is 65.0 Å². The molecule has 0 spiro atoms. The SMILES string of the molecule is CCn1nc(C)cc1C(=O)Nc1nc2cc(C=O)cc(OC)c2n1C/C=C/Cn1c(NC)nc2cc(C(N)=O)cc(OCCCNC)c21. The second-order valence-electron chi connectivity index (χ2n) is 11.0. The van der Waals surface area contributed by atoms with E-state index in [-0.39, 0.29) is 11.9 Å². The molecule has 0 saturated heterocycles. The van der Waals surface area contributed by atoms with Gasteiger partial charge in [-0.25, -0.2) is 9.97 Å². The normalized spacial score (nSPS) is 11.4. The number of aldehydes is 1. The minimum atomic E-state index is -0.571. The molecular formula is C33H40N10O5. The molecule has 0 radical (unpaired) electrons. The number of rotatable bonds is 16. The van der Waals surface area contributed by atoms with E-state index >= 15 is 0 Å². The van der Waals surface area contributed by atoms with Crippen LogP contribution in [0.4, 0.5) is 11.9 Å². The second kappa shape index (κ2) is 14.8. The van der Waals surface area contributed by atoms with Gasteiger partial charge >= 0.3 is 0 Å². The van der Waals surface area contributed by atoms with Crippen molar-refractivity contribution in [2.45, 2.75) is 39.9 Å². The summed E-state index contributed by atoms with van der Waals surface area (Å²) in [5.74, 6) is 0.856. The molecule has 2 aromatic carbocycles. The van der Waals surface area contributed by atoms with Crippen LogP contribution in [0.15, 0.2) is 42.5 Å². The quantitative estimate of drug-likeness (QED) is 0.0697. The second-order valence-corrected chi connectivity index (χ2v) is 11.0. The molecule has 252 valence electrons. The number of nitrogens with two attached hydrogens (primary N) is 1. The summed E-state index contributed by atoms with van der Waals surface area (Å²) >= 11 is 0. The van der Waals surface area contributed by atoms with E-state index in [9.17, 15) is 14.4 Å². The lowest BCUT2D eigenvalue weighted by atomic mass is 10.1. The van der Waals surface area contributed by atoms with Crippen LogP contribution in [0.1, 0.15) is 50.2 Å². The van der Waals surface area contributed by atoms with Crippen LogP contribution in [-0.2, 0) is 19.6 Å². The van der Waals surface area contributed by atoms with Gasteiger partial charge in [-0.3, -0.25) is 24.4 Å². The summed E-state index contributed by atoms with van der Waals surface area (Å²) in [6, 6.07) is 8.29. The highest BCUT2D eigenvalue weighted by Crippen LogP contribution is 2.32. The Morgan fingerprint density at radius 2 is 1.65 bits per heavy atom. The molecule has 5 N–H and O–H groups in total. The number of methoxy groups -OCH3 is 1. The van der Waals surface area contributed by atoms with Gasteiger partial charge in [-0.1, -0.05) is 12.2 Å². The number of aromatic nitrogens is 6. The summed E-state index contributed by atoms with van der Waals surface area (Å²) < 4.78 is 17.2. The highest BCUT2D eigenvalue weighted by Gasteiger charge is 2.21. The molecule has 5 rings (SSSR count). The van der Waals surface area contributed by atoms with Crippen LogP contribution in [0.25, 0.3) is 22.1 Å². The van der Waals surface area contributed by atoms with Gasteiger partial charge in [-0.2, -0.15) is 5.10 Å². The number of amides is 2. The molecule has 3 heterocycles. The van der Waals surface area contributed by atoms with E-state index < -0.39 is 5.91 Å². The summed E-state index contributed by atoms with van der Waals surface area (Å²) in [7, 11) is 5.16. The number of anilines is 2. The molecule has 0 aliphatic rings. The molecule has 5 aromatic rings. The fourth-order valence-corrected chi connectivity index (χ4v) is 5.52. The number of fused-ring (bicyclic) bond motifs is 2. The lowest BCUT2D eigenvalue weighted by Gasteiger charge is -2.13. The molecule has 0 bridgehead atoms. The van der Waals surface area contributed by atoms with Crippen molar-refractivity contribution < 1.29 is 23.9 Å². The van der Waals surface area contributed by atoms with Gasteiger partial charge in [0.1, 0.15) is 34.5 Å². The molecule has 0 atom stereocenters. The number of primary amides is 1. The van der Waals surface area contributed by atoms with Gasteiger partial charge in [0.15, 0.2) is 0 Å². The molecule has 0 aliphatic heterocycles. The summed E-state index contributed by atoms with van der Waals surface area (Å²) in [5.41, 5.74) is 9.82. The Hall–Kier alpha value is -5.70. The lowest BCUT2D eigenvalue weighted by Crippen LogP contribution is -2.20. The van der Waals surface area contributed by atoms with E-state index in [0.717, 1.165) is 24.9 Å². The first-order chi connectivity index (χ1) is 23.2. The predicted octanol–water partition coefficient (Wildman–Crippen LogP) is 3.37. The first-order valence-corrected chi connectivity index (χ1v) is 15.6. The first-order valence-electron chi connectivity index (χ1n) is 15.6. The van der Waals surface area contributed by atoms with Gasteiger partial charge in [0.05, 0.1) is 30.4 Å². The van der Waals surface area contributed by atoms with Gasteiger partial charge < -0.3 is 35.0 Å². The van der Waals surface area contributed by atoms with Gasteiger partial charge in [0, 0.05) is 37.8 Å². The molecule has 0 unspecified atom stereocenters. The van der Waals surface area contributed by atoms with Gasteiger partial charge in [0.25, 0.3) is 5.91 Å². The van der Waals surface area contributed by atoms with Crippen LogP contribution in [0, 0.1) is 6.92 Å². The Bertz CT molecular complexity index is 2010. The van der Waals surface area contributed by atoms with Crippen LogP contribution in [0.3, 0.4) is 0 Å². The lowest BCUT2D eigenvalue weighted by molar-refractivity contribution is 0.0995. The third-order valence-electron chi connectivity index (χ3n) is 7.73. The van der Waals surface area contributed by atoms with Crippen molar-refractivity contribution in [2.24, 2.45) is 5.73 Å². The highest BCUT2D eigenvalue weighted by molar-refractivity contribution is 6.03. The molecule has 3 aromatic heterocycles. The standard InChI is InChI=1S/C33H40N10O5/c1-6-43-25(14-20(2)40-43)31(46)39-33-38-23-15-21(19-44)16-26(47-5)28(23)42(33)12-8-7-11-41-29-24(37-32(41)36-4)17-22(30(34)45)18-27(29)48-13-9-10-35-3/h7-8,14-19,35H,6,9-13H2,1-5H3,(H2,34,45)(H,36,37)(H,38,39,46)/b8-7+. The van der Waals surface area contributed by atoms with Crippen molar-refractivity contribution in [3.8, 4) is 11.5 Å². The Kier molecular flexibility index (Phi) is 10.4. The molecule has 15 heteroatoms. The van der Waals surface area contributed by atoms with E-state index in [4.69, 9.17) is 15.2 Å². The maximum absolute atomic E-state index is 13.4. The molecule has 2 amide bonds. The van der Waals surface area contributed by atoms with E-state index in [1.807, 2.05) is 42.2 Å². The van der Waals surface area contributed by atoms with E-state index in [1.165, 1.54) is 7.11 Å². The van der Waals surface area contributed by atoms with Crippen LogP contribution in [-0.4, -0.2) is 81.3 Å². The highest BCUT2D eigenvalue weighted by atomic mass is 16.5. The maximum Gasteiger partial charge on any atom is 0.276 e. The molecule has 0 fully saturated rings. The Morgan fingerprint density at radius 1 is 0.958 bits per heavy atom. The summed E-state index contributed by atoms with van der Waals surface area (Å²) in [6.45, 7) is 6.16. The Balaban J connectivity index is 1.50. The average molecular weight is 657 g/mol. The number of carbonyl (C=O) groups is 3. The number of carbonyl (C=O) groups excluding carboxylic acids is 3. The van der Waals surface area contributed by atoms with Crippen LogP contribution < -0.4 is 31.2 Å². The van der Waals surface area contributed by atoms with Crippen molar-refractivity contribution in [3.63, 3.8) is 0 Å². The first kappa shape index (κ1) is 33.7. The van der Waals surface area contributed by atoms with Crippen molar-refractivity contribution in [1.82, 2.24) is 34.2 Å². The number of nitrogens with zero attached hydrogens (tertiary/aromatic N) is 6. The van der Waals surface area contributed by atoms with E-state index in [0.29, 0.717) is 82.6 Å². The maximum atomic E-state index is 13.4. The fourth-order valence-electron chi connectivity index (χ4n) is 5.52. The number of ether oxygens (including phenoxy) is 2. The zero-order chi connectivity index (χ0) is 34.4. The number of hydrogen-bond acceptors (Lipinski definition) is 10. The van der Waals surface area contributed by atoms with E-state index in [1.54, 1.807) is 42.1 Å². The number of nitrogens with one attached hydrogen (secondary N) is 3. The number of hydrogen-bond donors (Lipinski definition) is 4. The Morgan fingerprint density at radius 3 is 2.29 bits per heavy atom. The topological polar surface area (TPSA) is 185 Å². The monoisotopic (exact) mass is 656 g/mol. The number of aryl methyl sites for hydroxylation is 2. The van der Waals surface area contributed by atoms with Crippen molar-refractivity contribution in [2.75, 3.05) is 45.0 Å². The van der Waals surface area contributed by atoms with Crippen molar-refractivity contribution in [1.29, 1.82) is 0 Å². The Labute approximate surface area is 277 Å². The zero-order valence-corrected chi connectivity index (χ0v) is 27.7. The summed E-state index contributed by atoms with van der Waals surface area (Å²) in [5, 5.41) is 13.5. The fraction of sp³-hybridized carbons (Fsp3) is 0.333. The summed E-state index contributed by atoms with van der Waals surface area (Å²) in [6.07, 6.45) is 5.37.